The summed E-state index contributed by atoms with van der Waals surface area (Å²) in [7, 11) is 0. The van der Waals surface area contributed by atoms with E-state index in [1.807, 2.05) is 11.4 Å². The molecule has 0 unspecified atom stereocenters. The number of hydrogen-bond donors (Lipinski definition) is 0. The number of allylic oxidation sites excluding steroid dienone is 1. The maximum Gasteiger partial charge on any atom is 0.134 e. The second kappa shape index (κ2) is 7.72. The van der Waals surface area contributed by atoms with Gasteiger partial charge in [-0.2, -0.15) is 5.26 Å². The monoisotopic (exact) mass is 360 g/mol. The highest BCUT2D eigenvalue weighted by Gasteiger charge is 2.16. The summed E-state index contributed by atoms with van der Waals surface area (Å²) in [5.41, 5.74) is 4.90. The predicted molar refractivity (Wildman–Crippen MR) is 106 cm³/mol. The molecule has 0 saturated heterocycles. The van der Waals surface area contributed by atoms with E-state index in [0.717, 1.165) is 21.8 Å². The van der Waals surface area contributed by atoms with Gasteiger partial charge in [0.2, 0.25) is 0 Å². The molecule has 26 heavy (non-hydrogen) atoms. The molecule has 0 radical (unpaired) electrons. The molecule has 3 nitrogen and oxygen atoms in total. The summed E-state index contributed by atoms with van der Waals surface area (Å²) in [5, 5.41) is 12.2. The molecule has 0 bridgehead atoms. The van der Waals surface area contributed by atoms with Gasteiger partial charge in [-0.05, 0) is 36.5 Å². The van der Waals surface area contributed by atoms with E-state index in [1.165, 1.54) is 49.0 Å². The molecule has 130 valence electrons. The molecule has 0 amide bonds. The van der Waals surface area contributed by atoms with Gasteiger partial charge in [-0.25, -0.2) is 4.98 Å². The van der Waals surface area contributed by atoms with Gasteiger partial charge < -0.3 is 4.42 Å². The van der Waals surface area contributed by atoms with Crippen molar-refractivity contribution < 1.29 is 4.42 Å². The van der Waals surface area contributed by atoms with Crippen molar-refractivity contribution in [2.24, 2.45) is 0 Å². The maximum absolute atomic E-state index is 9.46. The van der Waals surface area contributed by atoms with E-state index in [4.69, 9.17) is 4.42 Å². The van der Waals surface area contributed by atoms with Crippen molar-refractivity contribution in [2.75, 3.05) is 0 Å². The second-order valence-electron chi connectivity index (χ2n) is 6.72. The molecular weight excluding hydrogens is 340 g/mol. The normalized spacial score (nSPS) is 15.7. The molecule has 0 atom stereocenters. The first-order chi connectivity index (χ1) is 12.8. The Labute approximate surface area is 157 Å². The summed E-state index contributed by atoms with van der Waals surface area (Å²) >= 11 is 1.50. The van der Waals surface area contributed by atoms with Crippen LogP contribution in [-0.2, 0) is 0 Å². The van der Waals surface area contributed by atoms with Crippen molar-refractivity contribution in [2.45, 2.75) is 38.0 Å². The van der Waals surface area contributed by atoms with Gasteiger partial charge in [-0.1, -0.05) is 43.5 Å². The summed E-state index contributed by atoms with van der Waals surface area (Å²) in [6.45, 7) is 0. The molecule has 4 rings (SSSR count). The Bertz CT molecular complexity index is 923. The number of aromatic nitrogens is 1. The number of benzene rings is 1. The third kappa shape index (κ3) is 3.63. The average molecular weight is 360 g/mol. The maximum atomic E-state index is 9.46. The lowest BCUT2D eigenvalue weighted by Crippen LogP contribution is -2.04. The van der Waals surface area contributed by atoms with E-state index in [0.29, 0.717) is 11.5 Å². The Morgan fingerprint density at radius 2 is 1.96 bits per heavy atom. The van der Waals surface area contributed by atoms with E-state index >= 15 is 0 Å². The largest absolute Gasteiger partial charge is 0.472 e. The molecule has 1 aliphatic carbocycles. The smallest absolute Gasteiger partial charge is 0.134 e. The lowest BCUT2D eigenvalue weighted by molar-refractivity contribution is 0.443. The van der Waals surface area contributed by atoms with Gasteiger partial charge >= 0.3 is 0 Å². The highest BCUT2D eigenvalue weighted by atomic mass is 32.1. The molecule has 0 spiro atoms. The first-order valence-corrected chi connectivity index (χ1v) is 9.91. The van der Waals surface area contributed by atoms with Crippen LogP contribution >= 0.6 is 11.3 Å². The molecule has 4 heteroatoms. The number of furan rings is 1. The minimum atomic E-state index is 0.557. The SMILES string of the molecule is N#C/C(=C\c1ccoc1)c1nc(-c2ccc(C3CCCCC3)cc2)cs1. The highest BCUT2D eigenvalue weighted by Crippen LogP contribution is 2.34. The number of nitriles is 1. The summed E-state index contributed by atoms with van der Waals surface area (Å²) in [6, 6.07) is 12.9. The molecule has 2 aromatic heterocycles. The van der Waals surface area contributed by atoms with Crippen molar-refractivity contribution in [1.29, 1.82) is 5.26 Å². The van der Waals surface area contributed by atoms with Gasteiger partial charge in [0.15, 0.2) is 0 Å². The van der Waals surface area contributed by atoms with Crippen LogP contribution < -0.4 is 0 Å². The van der Waals surface area contributed by atoms with Crippen molar-refractivity contribution in [3.63, 3.8) is 0 Å². The standard InChI is InChI=1S/C22H20N2OS/c23-13-20(12-16-10-11-25-14-16)22-24-21(15-26-22)19-8-6-18(7-9-19)17-4-2-1-3-5-17/h6-12,14-15,17H,1-5H2/b20-12+. The van der Waals surface area contributed by atoms with Gasteiger partial charge in [-0.3, -0.25) is 0 Å². The number of nitrogens with zero attached hydrogens (tertiary/aromatic N) is 2. The van der Waals surface area contributed by atoms with Crippen LogP contribution in [0, 0.1) is 11.3 Å². The van der Waals surface area contributed by atoms with Crippen LogP contribution in [0.3, 0.4) is 0 Å². The van der Waals surface area contributed by atoms with Crippen LogP contribution in [0.25, 0.3) is 22.9 Å². The van der Waals surface area contributed by atoms with Crippen LogP contribution in [0.2, 0.25) is 0 Å². The summed E-state index contributed by atoms with van der Waals surface area (Å²) < 4.78 is 5.06. The zero-order valence-corrected chi connectivity index (χ0v) is 15.3. The average Bonchev–Trinajstić information content (AvgIpc) is 3.39. The van der Waals surface area contributed by atoms with Gasteiger partial charge in [-0.15, -0.1) is 11.3 Å². The van der Waals surface area contributed by atoms with Crippen molar-refractivity contribution in [3.8, 4) is 17.3 Å². The van der Waals surface area contributed by atoms with E-state index in [9.17, 15) is 5.26 Å². The van der Waals surface area contributed by atoms with Crippen molar-refractivity contribution >= 4 is 23.0 Å². The van der Waals surface area contributed by atoms with Crippen molar-refractivity contribution in [1.82, 2.24) is 4.98 Å². The topological polar surface area (TPSA) is 49.8 Å². The van der Waals surface area contributed by atoms with Crippen LogP contribution in [-0.4, -0.2) is 4.98 Å². The number of hydrogen-bond acceptors (Lipinski definition) is 4. The van der Waals surface area contributed by atoms with Gasteiger partial charge in [0, 0.05) is 16.5 Å². The third-order valence-electron chi connectivity index (χ3n) is 4.99. The molecular formula is C22H20N2OS. The van der Waals surface area contributed by atoms with Crippen LogP contribution in [0.5, 0.6) is 0 Å². The Hall–Kier alpha value is -2.64. The Morgan fingerprint density at radius 3 is 2.65 bits per heavy atom. The van der Waals surface area contributed by atoms with Gasteiger partial charge in [0.05, 0.1) is 23.8 Å². The minimum absolute atomic E-state index is 0.557. The quantitative estimate of drug-likeness (QED) is 0.498. The lowest BCUT2D eigenvalue weighted by atomic mass is 9.84. The van der Waals surface area contributed by atoms with Crippen LogP contribution in [0.4, 0.5) is 0 Å². The van der Waals surface area contributed by atoms with E-state index in [1.54, 1.807) is 18.6 Å². The first kappa shape index (κ1) is 16.8. The highest BCUT2D eigenvalue weighted by molar-refractivity contribution is 7.11. The van der Waals surface area contributed by atoms with E-state index < -0.39 is 0 Å². The fourth-order valence-electron chi connectivity index (χ4n) is 3.56. The fourth-order valence-corrected chi connectivity index (χ4v) is 4.35. The first-order valence-electron chi connectivity index (χ1n) is 9.04. The second-order valence-corrected chi connectivity index (χ2v) is 7.58. The zero-order chi connectivity index (χ0) is 17.8. The van der Waals surface area contributed by atoms with E-state index in [2.05, 4.69) is 35.3 Å². The third-order valence-corrected chi connectivity index (χ3v) is 5.87. The van der Waals surface area contributed by atoms with Crippen LogP contribution in [0.1, 0.15) is 54.2 Å². The summed E-state index contributed by atoms with van der Waals surface area (Å²) in [6.07, 6.45) is 11.7. The van der Waals surface area contributed by atoms with Gasteiger partial charge in [0.1, 0.15) is 11.1 Å². The Kier molecular flexibility index (Phi) is 4.99. The summed E-state index contributed by atoms with van der Waals surface area (Å²) in [5.74, 6) is 0.715. The molecule has 1 fully saturated rings. The minimum Gasteiger partial charge on any atom is -0.472 e. The predicted octanol–water partition coefficient (Wildman–Crippen LogP) is 6.51. The van der Waals surface area contributed by atoms with Crippen LogP contribution in [0.15, 0.2) is 52.7 Å². The molecule has 1 aliphatic rings. The molecule has 1 aromatic carbocycles. The molecule has 1 saturated carbocycles. The van der Waals surface area contributed by atoms with Crippen molar-refractivity contribution in [3.05, 3.63) is 64.4 Å². The summed E-state index contributed by atoms with van der Waals surface area (Å²) in [4.78, 5) is 4.67. The Morgan fingerprint density at radius 1 is 1.15 bits per heavy atom. The zero-order valence-electron chi connectivity index (χ0n) is 14.5. The molecule has 3 aromatic rings. The van der Waals surface area contributed by atoms with Gasteiger partial charge in [0.25, 0.3) is 0 Å². The Balaban J connectivity index is 1.55. The number of thiazole rings is 1. The molecule has 0 N–H and O–H groups in total. The lowest BCUT2D eigenvalue weighted by Gasteiger charge is -2.22. The molecule has 0 aliphatic heterocycles. The fraction of sp³-hybridized carbons (Fsp3) is 0.273. The molecule has 2 heterocycles. The van der Waals surface area contributed by atoms with E-state index in [-0.39, 0.29) is 0 Å². The number of rotatable bonds is 4.